The van der Waals surface area contributed by atoms with Crippen LogP contribution < -0.4 is 10.7 Å². The minimum absolute atomic E-state index is 0.220. The molecule has 2 aliphatic rings. The Kier molecular flexibility index (Phi) is 3.66. The number of fused-ring (bicyclic) bond motifs is 3. The smallest absolute Gasteiger partial charge is 0.257 e. The van der Waals surface area contributed by atoms with Gasteiger partial charge in [0.25, 0.3) is 5.91 Å². The molecular formula is C19H23N3O2. The molecule has 2 aromatic heterocycles. The van der Waals surface area contributed by atoms with Gasteiger partial charge >= 0.3 is 0 Å². The number of hydrogen-bond acceptors (Lipinski definition) is 3. The molecule has 1 amide bonds. The van der Waals surface area contributed by atoms with Crippen LogP contribution in [0, 0.1) is 18.8 Å². The molecule has 2 aromatic rings. The van der Waals surface area contributed by atoms with E-state index in [0.29, 0.717) is 23.5 Å². The van der Waals surface area contributed by atoms with Crippen LogP contribution in [0.15, 0.2) is 23.1 Å². The van der Waals surface area contributed by atoms with E-state index in [1.807, 2.05) is 24.5 Å². The average Bonchev–Trinajstić information content (AvgIpc) is 3.18. The van der Waals surface area contributed by atoms with Crippen molar-refractivity contribution < 1.29 is 4.79 Å². The summed E-state index contributed by atoms with van der Waals surface area (Å²) in [5.74, 6) is 1.12. The zero-order valence-corrected chi connectivity index (χ0v) is 14.2. The summed E-state index contributed by atoms with van der Waals surface area (Å²) in [6.07, 6.45) is 6.45. The van der Waals surface area contributed by atoms with Crippen LogP contribution in [0.3, 0.4) is 0 Å². The fourth-order valence-electron chi connectivity index (χ4n) is 4.43. The van der Waals surface area contributed by atoms with E-state index < -0.39 is 0 Å². The van der Waals surface area contributed by atoms with Crippen molar-refractivity contribution in [2.24, 2.45) is 11.8 Å². The standard InChI is InChI=1S/C19H23N3O2/c1-3-22-10-15(17(23)14-7-4-11(2)20-18(14)22)19(24)21-16-9-12-5-6-13(16)8-12/h4,7,10,12-13,16H,3,5-6,8-9H2,1-2H3,(H,21,24)/t12-,13+,16-/m0/s1. The van der Waals surface area contributed by atoms with Crippen LogP contribution in [0.25, 0.3) is 11.0 Å². The van der Waals surface area contributed by atoms with Crippen LogP contribution in [-0.2, 0) is 6.54 Å². The highest BCUT2D eigenvalue weighted by Crippen LogP contribution is 2.44. The Balaban J connectivity index is 1.71. The van der Waals surface area contributed by atoms with Gasteiger partial charge in [0.2, 0.25) is 5.43 Å². The minimum Gasteiger partial charge on any atom is -0.349 e. The van der Waals surface area contributed by atoms with Gasteiger partial charge in [0.15, 0.2) is 0 Å². The topological polar surface area (TPSA) is 64.0 Å². The van der Waals surface area contributed by atoms with Crippen molar-refractivity contribution in [2.75, 3.05) is 0 Å². The third-order valence-electron chi connectivity index (χ3n) is 5.70. The molecule has 2 heterocycles. The maximum Gasteiger partial charge on any atom is 0.257 e. The highest BCUT2D eigenvalue weighted by Gasteiger charge is 2.40. The summed E-state index contributed by atoms with van der Waals surface area (Å²) in [6, 6.07) is 3.83. The molecule has 3 atom stereocenters. The molecule has 2 aliphatic carbocycles. The maximum absolute atomic E-state index is 12.8. The van der Waals surface area contributed by atoms with Crippen LogP contribution in [0.4, 0.5) is 0 Å². The van der Waals surface area contributed by atoms with Gasteiger partial charge in [-0.3, -0.25) is 9.59 Å². The van der Waals surface area contributed by atoms with Gasteiger partial charge in [-0.15, -0.1) is 0 Å². The Morgan fingerprint density at radius 1 is 1.33 bits per heavy atom. The van der Waals surface area contributed by atoms with Gasteiger partial charge in [-0.1, -0.05) is 6.42 Å². The number of nitrogens with zero attached hydrogens (tertiary/aromatic N) is 2. The normalized spacial score (nSPS) is 25.3. The van der Waals surface area contributed by atoms with Crippen molar-refractivity contribution in [3.05, 3.63) is 39.8 Å². The lowest BCUT2D eigenvalue weighted by Gasteiger charge is -2.23. The number of amides is 1. The zero-order chi connectivity index (χ0) is 16.8. The van der Waals surface area contributed by atoms with Gasteiger partial charge in [-0.25, -0.2) is 4.98 Å². The number of nitrogens with one attached hydrogen (secondary N) is 1. The van der Waals surface area contributed by atoms with E-state index in [4.69, 9.17) is 0 Å². The van der Waals surface area contributed by atoms with Crippen molar-refractivity contribution in [2.45, 2.75) is 52.1 Å². The summed E-state index contributed by atoms with van der Waals surface area (Å²) in [5, 5.41) is 3.64. The number of pyridine rings is 2. The molecule has 24 heavy (non-hydrogen) atoms. The monoisotopic (exact) mass is 325 g/mol. The second-order valence-electron chi connectivity index (χ2n) is 7.24. The number of carbonyl (C=O) groups is 1. The Hall–Kier alpha value is -2.17. The first-order chi connectivity index (χ1) is 11.6. The molecule has 5 heteroatoms. The lowest BCUT2D eigenvalue weighted by Crippen LogP contribution is -2.40. The van der Waals surface area contributed by atoms with E-state index >= 15 is 0 Å². The summed E-state index contributed by atoms with van der Waals surface area (Å²) < 4.78 is 1.89. The van der Waals surface area contributed by atoms with Crippen molar-refractivity contribution in [3.63, 3.8) is 0 Å². The molecule has 0 aromatic carbocycles. The molecule has 126 valence electrons. The van der Waals surface area contributed by atoms with Crippen LogP contribution in [-0.4, -0.2) is 21.5 Å². The van der Waals surface area contributed by atoms with Crippen LogP contribution in [0.2, 0.25) is 0 Å². The third-order valence-corrected chi connectivity index (χ3v) is 5.70. The van der Waals surface area contributed by atoms with Crippen molar-refractivity contribution in [3.8, 4) is 0 Å². The number of aryl methyl sites for hydroxylation is 2. The summed E-state index contributed by atoms with van der Waals surface area (Å²) in [6.45, 7) is 4.56. The molecular weight excluding hydrogens is 302 g/mol. The van der Waals surface area contributed by atoms with Crippen LogP contribution >= 0.6 is 0 Å². The molecule has 0 spiro atoms. The van der Waals surface area contributed by atoms with E-state index in [1.54, 1.807) is 12.3 Å². The zero-order valence-electron chi connectivity index (χ0n) is 14.2. The first-order valence-corrected chi connectivity index (χ1v) is 8.88. The first-order valence-electron chi connectivity index (χ1n) is 8.88. The Labute approximate surface area is 141 Å². The van der Waals surface area contributed by atoms with E-state index in [1.165, 1.54) is 19.3 Å². The Bertz CT molecular complexity index is 871. The summed E-state index contributed by atoms with van der Waals surface area (Å²) in [7, 11) is 0. The van der Waals surface area contributed by atoms with Crippen LogP contribution in [0.1, 0.15) is 48.7 Å². The Morgan fingerprint density at radius 2 is 2.17 bits per heavy atom. The molecule has 2 bridgehead atoms. The maximum atomic E-state index is 12.8. The summed E-state index contributed by atoms with van der Waals surface area (Å²) in [4.78, 5) is 30.0. The molecule has 1 N–H and O–H groups in total. The van der Waals surface area contributed by atoms with Gasteiger partial charge in [0.1, 0.15) is 11.2 Å². The van der Waals surface area contributed by atoms with Gasteiger partial charge in [-0.2, -0.15) is 0 Å². The second kappa shape index (κ2) is 5.72. The average molecular weight is 325 g/mol. The highest BCUT2D eigenvalue weighted by molar-refractivity contribution is 5.97. The van der Waals surface area contributed by atoms with Crippen molar-refractivity contribution in [1.29, 1.82) is 0 Å². The SMILES string of the molecule is CCn1cc(C(=O)N[C@H]2C[C@H]3CC[C@@H]2C3)c(=O)c2ccc(C)nc21. The highest BCUT2D eigenvalue weighted by atomic mass is 16.2. The summed E-state index contributed by atoms with van der Waals surface area (Å²) >= 11 is 0. The molecule has 0 saturated heterocycles. The number of rotatable bonds is 3. The molecule has 4 rings (SSSR count). The quantitative estimate of drug-likeness (QED) is 0.943. The third kappa shape index (κ3) is 2.43. The van der Waals surface area contributed by atoms with Gasteiger partial charge in [-0.05, 0) is 57.1 Å². The molecule has 0 radical (unpaired) electrons. The van der Waals surface area contributed by atoms with E-state index in [0.717, 1.165) is 18.0 Å². The number of aromatic nitrogens is 2. The van der Waals surface area contributed by atoms with Crippen LogP contribution in [0.5, 0.6) is 0 Å². The minimum atomic E-state index is -0.234. The molecule has 0 unspecified atom stereocenters. The predicted octanol–water partition coefficient (Wildman–Crippen LogP) is 2.64. The molecule has 0 aliphatic heterocycles. The lowest BCUT2D eigenvalue weighted by molar-refractivity contribution is 0.0921. The van der Waals surface area contributed by atoms with Gasteiger partial charge in [0, 0.05) is 24.5 Å². The molecule has 5 nitrogen and oxygen atoms in total. The molecule has 2 fully saturated rings. The van der Waals surface area contributed by atoms with Crippen molar-refractivity contribution >= 4 is 16.9 Å². The van der Waals surface area contributed by atoms with E-state index in [-0.39, 0.29) is 22.9 Å². The predicted molar refractivity (Wildman–Crippen MR) is 93.1 cm³/mol. The fourth-order valence-corrected chi connectivity index (χ4v) is 4.43. The number of hydrogen-bond donors (Lipinski definition) is 1. The molecule has 2 saturated carbocycles. The van der Waals surface area contributed by atoms with Crippen molar-refractivity contribution in [1.82, 2.24) is 14.9 Å². The van der Waals surface area contributed by atoms with Gasteiger partial charge in [0.05, 0.1) is 5.39 Å². The summed E-state index contributed by atoms with van der Waals surface area (Å²) in [5.41, 5.74) is 1.53. The number of carbonyl (C=O) groups excluding carboxylic acids is 1. The van der Waals surface area contributed by atoms with E-state index in [9.17, 15) is 9.59 Å². The van der Waals surface area contributed by atoms with E-state index in [2.05, 4.69) is 10.3 Å². The first kappa shape index (κ1) is 15.4. The Morgan fingerprint density at radius 3 is 2.83 bits per heavy atom. The largest absolute Gasteiger partial charge is 0.349 e. The lowest BCUT2D eigenvalue weighted by atomic mass is 9.95. The van der Waals surface area contributed by atoms with Gasteiger partial charge < -0.3 is 9.88 Å². The second-order valence-corrected chi connectivity index (χ2v) is 7.24. The fraction of sp³-hybridized carbons (Fsp3) is 0.526.